The van der Waals surface area contributed by atoms with Crippen molar-refractivity contribution in [3.05, 3.63) is 0 Å². The van der Waals surface area contributed by atoms with Gasteiger partial charge in [-0.2, -0.15) is 0 Å². The van der Waals surface area contributed by atoms with Crippen LogP contribution in [0.4, 0.5) is 0 Å². The second-order valence-electron chi connectivity index (χ2n) is 6.50. The molecule has 0 saturated carbocycles. The number of nitrogens with two attached hydrogens (primary N) is 1. The number of nitrogens with one attached hydrogen (secondary N) is 1. The van der Waals surface area contributed by atoms with Crippen molar-refractivity contribution in [1.82, 2.24) is 10.2 Å². The lowest BCUT2D eigenvalue weighted by Gasteiger charge is -2.28. The molecule has 4 nitrogen and oxygen atoms in total. The van der Waals surface area contributed by atoms with Crippen LogP contribution in [0.3, 0.4) is 0 Å². The van der Waals surface area contributed by atoms with Gasteiger partial charge in [0.15, 0.2) is 5.96 Å². The molecule has 3 N–H and O–H groups in total. The smallest absolute Gasteiger partial charge is 0.188 e. The van der Waals surface area contributed by atoms with E-state index in [1.54, 1.807) is 0 Å². The van der Waals surface area contributed by atoms with E-state index in [0.29, 0.717) is 5.96 Å². The molecule has 1 saturated heterocycles. The quantitative estimate of drug-likeness (QED) is 0.370. The molecule has 1 aliphatic rings. The molecule has 1 fully saturated rings. The van der Waals surface area contributed by atoms with Crippen molar-refractivity contribution in [2.75, 3.05) is 33.2 Å². The van der Waals surface area contributed by atoms with Gasteiger partial charge in [-0.3, -0.25) is 4.99 Å². The fourth-order valence-corrected chi connectivity index (χ4v) is 2.90. The third kappa shape index (κ3) is 9.72. The highest BCUT2D eigenvalue weighted by molar-refractivity contribution is 5.77. The first-order valence-electron chi connectivity index (χ1n) is 8.94. The Morgan fingerprint density at radius 3 is 2.52 bits per heavy atom. The Balaban J connectivity index is 1.95. The average Bonchev–Trinajstić information content (AvgIpc) is 2.48. The first-order valence-corrected chi connectivity index (χ1v) is 8.94. The maximum Gasteiger partial charge on any atom is 0.188 e. The van der Waals surface area contributed by atoms with Crippen LogP contribution in [0.2, 0.25) is 0 Å². The summed E-state index contributed by atoms with van der Waals surface area (Å²) in [5.74, 6) is 1.50. The molecule has 21 heavy (non-hydrogen) atoms. The fourth-order valence-electron chi connectivity index (χ4n) is 2.90. The molecular formula is C17H36N4. The van der Waals surface area contributed by atoms with Gasteiger partial charge in [-0.15, -0.1) is 0 Å². The monoisotopic (exact) mass is 296 g/mol. The van der Waals surface area contributed by atoms with Gasteiger partial charge in [-0.25, -0.2) is 0 Å². The lowest BCUT2D eigenvalue weighted by molar-refractivity contribution is 0.213. The number of nitrogens with zero attached hydrogens (tertiary/aromatic N) is 2. The Kier molecular flexibility index (Phi) is 10.3. The van der Waals surface area contributed by atoms with Crippen LogP contribution in [0, 0.1) is 5.92 Å². The summed E-state index contributed by atoms with van der Waals surface area (Å²) in [6, 6.07) is 0. The molecule has 0 unspecified atom stereocenters. The Labute approximate surface area is 131 Å². The highest BCUT2D eigenvalue weighted by Gasteiger charge is 2.15. The SMILES string of the molecule is CCCCCCCCN=C(N)NCCC1CCN(C)CC1. The lowest BCUT2D eigenvalue weighted by atomic mass is 9.94. The van der Waals surface area contributed by atoms with Crippen LogP contribution >= 0.6 is 0 Å². The van der Waals surface area contributed by atoms with E-state index in [9.17, 15) is 0 Å². The minimum atomic E-state index is 0.636. The summed E-state index contributed by atoms with van der Waals surface area (Å²) >= 11 is 0. The Morgan fingerprint density at radius 1 is 1.14 bits per heavy atom. The van der Waals surface area contributed by atoms with Crippen LogP contribution in [0.1, 0.15) is 64.7 Å². The number of guanidine groups is 1. The maximum absolute atomic E-state index is 5.90. The van der Waals surface area contributed by atoms with Gasteiger partial charge in [-0.05, 0) is 51.7 Å². The summed E-state index contributed by atoms with van der Waals surface area (Å²) < 4.78 is 0. The summed E-state index contributed by atoms with van der Waals surface area (Å²) in [6.45, 7) is 6.58. The van der Waals surface area contributed by atoms with E-state index >= 15 is 0 Å². The van der Waals surface area contributed by atoms with Gasteiger partial charge in [0.05, 0.1) is 0 Å². The normalized spacial score (nSPS) is 18.1. The van der Waals surface area contributed by atoms with Gasteiger partial charge in [0.25, 0.3) is 0 Å². The second kappa shape index (κ2) is 11.8. The maximum atomic E-state index is 5.90. The van der Waals surface area contributed by atoms with Gasteiger partial charge < -0.3 is 16.0 Å². The van der Waals surface area contributed by atoms with Crippen molar-refractivity contribution in [3.8, 4) is 0 Å². The molecule has 0 aliphatic carbocycles. The van der Waals surface area contributed by atoms with Crippen molar-refractivity contribution in [2.24, 2.45) is 16.6 Å². The fraction of sp³-hybridized carbons (Fsp3) is 0.941. The van der Waals surface area contributed by atoms with E-state index < -0.39 is 0 Å². The van der Waals surface area contributed by atoms with Gasteiger partial charge >= 0.3 is 0 Å². The highest BCUT2D eigenvalue weighted by Crippen LogP contribution is 2.18. The van der Waals surface area contributed by atoms with E-state index in [-0.39, 0.29) is 0 Å². The summed E-state index contributed by atoms with van der Waals surface area (Å²) in [5.41, 5.74) is 5.90. The number of hydrogen-bond donors (Lipinski definition) is 2. The Hall–Kier alpha value is -0.770. The molecule has 1 aliphatic heterocycles. The Bertz CT molecular complexity index is 270. The van der Waals surface area contributed by atoms with Crippen molar-refractivity contribution < 1.29 is 0 Å². The van der Waals surface area contributed by atoms with Crippen LogP contribution in [-0.4, -0.2) is 44.1 Å². The van der Waals surface area contributed by atoms with E-state index in [0.717, 1.165) is 19.0 Å². The first-order chi connectivity index (χ1) is 10.2. The number of likely N-dealkylation sites (tertiary alicyclic amines) is 1. The number of unbranched alkanes of at least 4 members (excludes halogenated alkanes) is 5. The van der Waals surface area contributed by atoms with Gasteiger partial charge in [-0.1, -0.05) is 39.0 Å². The van der Waals surface area contributed by atoms with Crippen molar-refractivity contribution in [1.29, 1.82) is 0 Å². The zero-order valence-corrected chi connectivity index (χ0v) is 14.2. The average molecular weight is 297 g/mol. The molecule has 0 aromatic rings. The molecule has 0 amide bonds. The zero-order valence-electron chi connectivity index (χ0n) is 14.2. The summed E-state index contributed by atoms with van der Waals surface area (Å²) in [5, 5.41) is 3.27. The molecule has 0 aromatic heterocycles. The van der Waals surface area contributed by atoms with Crippen molar-refractivity contribution in [3.63, 3.8) is 0 Å². The number of rotatable bonds is 10. The predicted octanol–water partition coefficient (Wildman–Crippen LogP) is 2.98. The Morgan fingerprint density at radius 2 is 1.81 bits per heavy atom. The number of hydrogen-bond acceptors (Lipinski definition) is 2. The first kappa shape index (κ1) is 18.3. The lowest BCUT2D eigenvalue weighted by Crippen LogP contribution is -2.35. The molecule has 0 aromatic carbocycles. The molecule has 4 heteroatoms. The van der Waals surface area contributed by atoms with Crippen molar-refractivity contribution in [2.45, 2.75) is 64.7 Å². The van der Waals surface area contributed by atoms with Crippen LogP contribution in [0.5, 0.6) is 0 Å². The van der Waals surface area contributed by atoms with Gasteiger partial charge in [0.1, 0.15) is 0 Å². The van der Waals surface area contributed by atoms with Gasteiger partial charge in [0, 0.05) is 13.1 Å². The molecule has 124 valence electrons. The topological polar surface area (TPSA) is 53.6 Å². The molecule has 1 rings (SSSR count). The van der Waals surface area contributed by atoms with Crippen LogP contribution < -0.4 is 11.1 Å². The molecular weight excluding hydrogens is 260 g/mol. The van der Waals surface area contributed by atoms with Crippen LogP contribution in [0.25, 0.3) is 0 Å². The molecule has 0 radical (unpaired) electrons. The minimum absolute atomic E-state index is 0.636. The molecule has 0 atom stereocenters. The van der Waals surface area contributed by atoms with E-state index in [1.165, 1.54) is 70.9 Å². The minimum Gasteiger partial charge on any atom is -0.370 e. The van der Waals surface area contributed by atoms with E-state index in [1.807, 2.05) is 0 Å². The summed E-state index contributed by atoms with van der Waals surface area (Å²) in [7, 11) is 2.21. The molecule has 0 bridgehead atoms. The summed E-state index contributed by atoms with van der Waals surface area (Å²) in [4.78, 5) is 6.83. The highest BCUT2D eigenvalue weighted by atomic mass is 15.1. The van der Waals surface area contributed by atoms with E-state index in [2.05, 4.69) is 29.2 Å². The third-order valence-corrected chi connectivity index (χ3v) is 4.49. The summed E-state index contributed by atoms with van der Waals surface area (Å²) in [6.07, 6.45) is 11.7. The standard InChI is InChI=1S/C17H36N4/c1-3-4-5-6-7-8-12-19-17(18)20-13-9-16-10-14-21(2)15-11-16/h16H,3-15H2,1-2H3,(H3,18,19,20). The van der Waals surface area contributed by atoms with E-state index in [4.69, 9.17) is 5.73 Å². The van der Waals surface area contributed by atoms with Crippen LogP contribution in [-0.2, 0) is 0 Å². The van der Waals surface area contributed by atoms with Crippen molar-refractivity contribution >= 4 is 5.96 Å². The number of piperidine rings is 1. The van der Waals surface area contributed by atoms with Gasteiger partial charge in [0.2, 0.25) is 0 Å². The number of aliphatic imine (C=N–C) groups is 1. The largest absolute Gasteiger partial charge is 0.370 e. The molecule has 1 heterocycles. The molecule has 0 spiro atoms. The third-order valence-electron chi connectivity index (χ3n) is 4.49. The predicted molar refractivity (Wildman–Crippen MR) is 92.7 cm³/mol. The second-order valence-corrected chi connectivity index (χ2v) is 6.50. The zero-order chi connectivity index (χ0) is 15.3. The van der Waals surface area contributed by atoms with Crippen LogP contribution in [0.15, 0.2) is 4.99 Å².